The fourth-order valence-corrected chi connectivity index (χ4v) is 6.48. The van der Waals surface area contributed by atoms with Crippen LogP contribution < -0.4 is 9.62 Å². The minimum absolute atomic E-state index is 0.0315. The third-order valence-electron chi connectivity index (χ3n) is 7.53. The summed E-state index contributed by atoms with van der Waals surface area (Å²) in [6.45, 7) is 2.99. The summed E-state index contributed by atoms with van der Waals surface area (Å²) in [5, 5.41) is 14.6. The van der Waals surface area contributed by atoms with E-state index in [0.717, 1.165) is 53.6 Å². The molecule has 10 nitrogen and oxygen atoms in total. The molecule has 1 saturated carbocycles. The van der Waals surface area contributed by atoms with Gasteiger partial charge in [-0.3, -0.25) is 24.0 Å². The van der Waals surface area contributed by atoms with Gasteiger partial charge in [-0.25, -0.2) is 8.42 Å². The number of nitrogens with zero attached hydrogens (tertiary/aromatic N) is 3. The highest BCUT2D eigenvalue weighted by Crippen LogP contribution is 2.28. The first-order valence-corrected chi connectivity index (χ1v) is 15.5. The Balaban J connectivity index is 1.69. The third kappa shape index (κ3) is 7.52. The number of carbonyl (C=O) groups excluding carboxylic acids is 2. The number of rotatable bonds is 11. The van der Waals surface area contributed by atoms with Crippen LogP contribution in [0.1, 0.15) is 50.2 Å². The molecule has 2 amide bonds. The van der Waals surface area contributed by atoms with Crippen LogP contribution in [0.25, 0.3) is 0 Å². The molecular formula is C31H36N4O6S. The summed E-state index contributed by atoms with van der Waals surface area (Å²) in [7, 11) is -4.31. The smallest absolute Gasteiger partial charge is 0.271 e. The van der Waals surface area contributed by atoms with Gasteiger partial charge in [-0.15, -0.1) is 0 Å². The van der Waals surface area contributed by atoms with Gasteiger partial charge in [0, 0.05) is 24.7 Å². The maximum Gasteiger partial charge on any atom is 0.271 e. The number of nitro benzene ring substituents is 1. The Morgan fingerprint density at radius 3 is 2.29 bits per heavy atom. The summed E-state index contributed by atoms with van der Waals surface area (Å²) >= 11 is 0. The molecule has 222 valence electrons. The summed E-state index contributed by atoms with van der Waals surface area (Å²) in [4.78, 5) is 39.6. The fourth-order valence-electron chi connectivity index (χ4n) is 5.05. The number of anilines is 1. The number of hydrogen-bond donors (Lipinski definition) is 1. The van der Waals surface area contributed by atoms with E-state index in [4.69, 9.17) is 0 Å². The van der Waals surface area contributed by atoms with Crippen LogP contribution in [0.4, 0.5) is 11.4 Å². The zero-order valence-electron chi connectivity index (χ0n) is 23.8. The zero-order chi connectivity index (χ0) is 30.3. The highest BCUT2D eigenvalue weighted by molar-refractivity contribution is 7.92. The van der Waals surface area contributed by atoms with Crippen molar-refractivity contribution >= 4 is 33.2 Å². The first kappa shape index (κ1) is 30.7. The van der Waals surface area contributed by atoms with Crippen molar-refractivity contribution in [2.24, 2.45) is 0 Å². The Labute approximate surface area is 246 Å². The molecule has 1 aliphatic rings. The quantitative estimate of drug-likeness (QED) is 0.247. The lowest BCUT2D eigenvalue weighted by atomic mass is 9.95. The molecule has 0 spiro atoms. The molecular weight excluding hydrogens is 556 g/mol. The molecule has 4 rings (SSSR count). The van der Waals surface area contributed by atoms with Crippen LogP contribution in [0.2, 0.25) is 0 Å². The Hall–Kier alpha value is -4.25. The van der Waals surface area contributed by atoms with Crippen LogP contribution >= 0.6 is 0 Å². The lowest BCUT2D eigenvalue weighted by molar-refractivity contribution is -0.384. The molecule has 0 aromatic heterocycles. The fraction of sp³-hybridized carbons (Fsp3) is 0.355. The topological polar surface area (TPSA) is 130 Å². The SMILES string of the molecule is Cc1ccc(CN(C(=O)CN(c2cccc([N+](=O)[O-])c2)S(=O)(=O)c2ccccc2)C(C)C(=O)NC2CCCCC2)cc1. The second-order valence-electron chi connectivity index (χ2n) is 10.6. The van der Waals surface area contributed by atoms with Crippen LogP contribution in [0.3, 0.4) is 0 Å². The highest BCUT2D eigenvalue weighted by atomic mass is 32.2. The van der Waals surface area contributed by atoms with Crippen molar-refractivity contribution in [3.8, 4) is 0 Å². The maximum absolute atomic E-state index is 14.0. The third-order valence-corrected chi connectivity index (χ3v) is 9.32. The van der Waals surface area contributed by atoms with E-state index in [1.54, 1.807) is 25.1 Å². The standard InChI is InChI=1S/C31H36N4O6S/c1-23-16-18-25(19-17-23)21-33(24(2)31(37)32-26-10-5-3-6-11-26)30(36)22-34(27-12-9-13-28(20-27)35(38)39)42(40,41)29-14-7-4-8-15-29/h4,7-9,12-20,24,26H,3,5-6,10-11,21-22H2,1-2H3,(H,32,37). The number of aryl methyl sites for hydroxylation is 1. The number of benzene rings is 3. The van der Waals surface area contributed by atoms with Gasteiger partial charge in [-0.05, 0) is 50.5 Å². The van der Waals surface area contributed by atoms with E-state index >= 15 is 0 Å². The molecule has 0 heterocycles. The van der Waals surface area contributed by atoms with Crippen LogP contribution in [-0.2, 0) is 26.2 Å². The van der Waals surface area contributed by atoms with Gasteiger partial charge in [-0.1, -0.05) is 73.4 Å². The predicted octanol–water partition coefficient (Wildman–Crippen LogP) is 4.96. The van der Waals surface area contributed by atoms with Gasteiger partial charge < -0.3 is 10.2 Å². The summed E-state index contributed by atoms with van der Waals surface area (Å²) in [6.07, 6.45) is 4.94. The number of carbonyl (C=O) groups is 2. The van der Waals surface area contributed by atoms with Gasteiger partial charge in [0.2, 0.25) is 11.8 Å². The highest BCUT2D eigenvalue weighted by Gasteiger charge is 2.33. The molecule has 1 unspecified atom stereocenters. The molecule has 11 heteroatoms. The summed E-state index contributed by atoms with van der Waals surface area (Å²) in [6, 6.07) is 19.4. The van der Waals surface area contributed by atoms with Gasteiger partial charge in [0.25, 0.3) is 15.7 Å². The van der Waals surface area contributed by atoms with Gasteiger partial charge >= 0.3 is 0 Å². The number of nitro groups is 1. The van der Waals surface area contributed by atoms with Crippen molar-refractivity contribution in [2.45, 2.75) is 69.5 Å². The zero-order valence-corrected chi connectivity index (χ0v) is 24.6. The lowest BCUT2D eigenvalue weighted by Gasteiger charge is -2.33. The molecule has 1 atom stereocenters. The van der Waals surface area contributed by atoms with E-state index in [1.807, 2.05) is 31.2 Å². The van der Waals surface area contributed by atoms with Gasteiger partial charge in [0.1, 0.15) is 12.6 Å². The van der Waals surface area contributed by atoms with Crippen molar-refractivity contribution < 1.29 is 22.9 Å². The van der Waals surface area contributed by atoms with Crippen LogP contribution in [0.5, 0.6) is 0 Å². The molecule has 1 N–H and O–H groups in total. The predicted molar refractivity (Wildman–Crippen MR) is 160 cm³/mol. The Kier molecular flexibility index (Phi) is 9.95. The number of nitrogens with one attached hydrogen (secondary N) is 1. The van der Waals surface area contributed by atoms with Crippen LogP contribution in [-0.4, -0.2) is 48.7 Å². The van der Waals surface area contributed by atoms with E-state index in [9.17, 15) is 28.1 Å². The molecule has 0 saturated heterocycles. The van der Waals surface area contributed by atoms with Crippen molar-refractivity contribution in [2.75, 3.05) is 10.8 Å². The first-order chi connectivity index (χ1) is 20.1. The van der Waals surface area contributed by atoms with E-state index in [-0.39, 0.29) is 34.8 Å². The molecule has 0 radical (unpaired) electrons. The Bertz CT molecular complexity index is 1510. The monoisotopic (exact) mass is 592 g/mol. The normalized spacial score (nSPS) is 14.5. The maximum atomic E-state index is 14.0. The van der Waals surface area contributed by atoms with Gasteiger partial charge in [0.15, 0.2) is 0 Å². The largest absolute Gasteiger partial charge is 0.352 e. The molecule has 0 bridgehead atoms. The van der Waals surface area contributed by atoms with Crippen molar-refractivity contribution in [3.05, 3.63) is 100 Å². The van der Waals surface area contributed by atoms with E-state index in [0.29, 0.717) is 0 Å². The average molecular weight is 593 g/mol. The molecule has 42 heavy (non-hydrogen) atoms. The molecule has 3 aromatic carbocycles. The minimum Gasteiger partial charge on any atom is -0.352 e. The summed E-state index contributed by atoms with van der Waals surface area (Å²) in [5.74, 6) is -0.928. The van der Waals surface area contributed by atoms with Crippen LogP contribution in [0.15, 0.2) is 83.8 Å². The average Bonchev–Trinajstić information content (AvgIpc) is 3.00. The second-order valence-corrected chi connectivity index (χ2v) is 12.5. The van der Waals surface area contributed by atoms with E-state index in [2.05, 4.69) is 5.32 Å². The number of non-ortho nitro benzene ring substituents is 1. The summed E-state index contributed by atoms with van der Waals surface area (Å²) in [5.41, 5.74) is 1.46. The summed E-state index contributed by atoms with van der Waals surface area (Å²) < 4.78 is 28.5. The van der Waals surface area contributed by atoms with Crippen LogP contribution in [0, 0.1) is 17.0 Å². The van der Waals surface area contributed by atoms with Crippen molar-refractivity contribution in [1.29, 1.82) is 0 Å². The number of sulfonamides is 1. The Morgan fingerprint density at radius 2 is 1.64 bits per heavy atom. The number of amides is 2. The molecule has 1 fully saturated rings. The van der Waals surface area contributed by atoms with Gasteiger partial charge in [0.05, 0.1) is 15.5 Å². The first-order valence-electron chi connectivity index (χ1n) is 14.0. The molecule has 3 aromatic rings. The second kappa shape index (κ2) is 13.6. The van der Waals surface area contributed by atoms with Crippen molar-refractivity contribution in [1.82, 2.24) is 10.2 Å². The molecule has 0 aliphatic heterocycles. The van der Waals surface area contributed by atoms with E-state index < -0.39 is 33.4 Å². The van der Waals surface area contributed by atoms with Gasteiger partial charge in [-0.2, -0.15) is 0 Å². The number of hydrogen-bond acceptors (Lipinski definition) is 6. The minimum atomic E-state index is -4.31. The van der Waals surface area contributed by atoms with Crippen molar-refractivity contribution in [3.63, 3.8) is 0 Å². The Morgan fingerprint density at radius 1 is 0.976 bits per heavy atom. The molecule has 1 aliphatic carbocycles. The van der Waals surface area contributed by atoms with E-state index in [1.165, 1.54) is 35.2 Å². The lowest BCUT2D eigenvalue weighted by Crippen LogP contribution is -2.53.